The standard InChI is InChI=1S/C7H11N5O/c13-6-1-3-12(4-2-6)5-7-8-10-11-9-7/h1-5H2,(H,8,9,10,11). The van der Waals surface area contributed by atoms with Crippen molar-refractivity contribution in [3.8, 4) is 0 Å². The molecule has 0 aromatic carbocycles. The van der Waals surface area contributed by atoms with E-state index in [9.17, 15) is 4.79 Å². The summed E-state index contributed by atoms with van der Waals surface area (Å²) < 4.78 is 0. The van der Waals surface area contributed by atoms with Gasteiger partial charge in [0.15, 0.2) is 5.82 Å². The molecule has 1 saturated heterocycles. The molecule has 2 heterocycles. The number of carbonyl (C=O) groups is 1. The molecule has 0 aliphatic carbocycles. The van der Waals surface area contributed by atoms with Gasteiger partial charge in [-0.15, -0.1) is 10.2 Å². The van der Waals surface area contributed by atoms with Gasteiger partial charge in [-0.1, -0.05) is 5.21 Å². The number of nitrogens with zero attached hydrogens (tertiary/aromatic N) is 4. The Labute approximate surface area is 75.3 Å². The van der Waals surface area contributed by atoms with Crippen molar-refractivity contribution in [2.45, 2.75) is 19.4 Å². The van der Waals surface area contributed by atoms with Gasteiger partial charge in [0.05, 0.1) is 6.54 Å². The Morgan fingerprint density at radius 1 is 1.38 bits per heavy atom. The molecular formula is C7H11N5O. The van der Waals surface area contributed by atoms with Gasteiger partial charge in [-0.3, -0.25) is 9.69 Å². The van der Waals surface area contributed by atoms with Gasteiger partial charge in [0.1, 0.15) is 5.78 Å². The van der Waals surface area contributed by atoms with Crippen LogP contribution in [0.25, 0.3) is 0 Å². The second-order valence-electron chi connectivity index (χ2n) is 3.14. The summed E-state index contributed by atoms with van der Waals surface area (Å²) in [6.07, 6.45) is 1.30. The summed E-state index contributed by atoms with van der Waals surface area (Å²) in [6, 6.07) is 0. The zero-order valence-electron chi connectivity index (χ0n) is 7.23. The number of carbonyl (C=O) groups excluding carboxylic acids is 1. The lowest BCUT2D eigenvalue weighted by Crippen LogP contribution is -2.33. The number of aromatic amines is 1. The number of nitrogens with one attached hydrogen (secondary N) is 1. The van der Waals surface area contributed by atoms with Crippen molar-refractivity contribution in [1.29, 1.82) is 0 Å². The molecule has 2 rings (SSSR count). The van der Waals surface area contributed by atoms with Crippen LogP contribution in [0.5, 0.6) is 0 Å². The second-order valence-corrected chi connectivity index (χ2v) is 3.14. The van der Waals surface area contributed by atoms with Crippen molar-refractivity contribution < 1.29 is 4.79 Å². The van der Waals surface area contributed by atoms with Gasteiger partial charge in [0.25, 0.3) is 0 Å². The van der Waals surface area contributed by atoms with Crippen LogP contribution in [-0.4, -0.2) is 44.4 Å². The molecule has 1 aromatic rings. The van der Waals surface area contributed by atoms with E-state index in [0.717, 1.165) is 13.1 Å². The number of piperidine rings is 1. The third-order valence-corrected chi connectivity index (χ3v) is 2.17. The van der Waals surface area contributed by atoms with E-state index < -0.39 is 0 Å². The maximum absolute atomic E-state index is 10.9. The maximum atomic E-state index is 10.9. The normalized spacial score (nSPS) is 19.2. The monoisotopic (exact) mass is 181 g/mol. The lowest BCUT2D eigenvalue weighted by atomic mass is 10.1. The van der Waals surface area contributed by atoms with E-state index in [1.54, 1.807) is 0 Å². The fraction of sp³-hybridized carbons (Fsp3) is 0.714. The minimum Gasteiger partial charge on any atom is -0.300 e. The van der Waals surface area contributed by atoms with E-state index in [1.165, 1.54) is 0 Å². The van der Waals surface area contributed by atoms with Crippen LogP contribution in [0.3, 0.4) is 0 Å². The number of ketones is 1. The van der Waals surface area contributed by atoms with Crippen molar-refractivity contribution in [2.75, 3.05) is 13.1 Å². The van der Waals surface area contributed by atoms with Crippen LogP contribution in [0.4, 0.5) is 0 Å². The Kier molecular flexibility index (Phi) is 2.31. The summed E-state index contributed by atoms with van der Waals surface area (Å²) in [7, 11) is 0. The van der Waals surface area contributed by atoms with Gasteiger partial charge < -0.3 is 0 Å². The Hall–Kier alpha value is -1.30. The van der Waals surface area contributed by atoms with Crippen LogP contribution < -0.4 is 0 Å². The number of H-pyrrole nitrogens is 1. The fourth-order valence-electron chi connectivity index (χ4n) is 1.41. The molecule has 1 N–H and O–H groups in total. The number of aromatic nitrogens is 4. The summed E-state index contributed by atoms with van der Waals surface area (Å²) in [5, 5.41) is 13.6. The summed E-state index contributed by atoms with van der Waals surface area (Å²) >= 11 is 0. The van der Waals surface area contributed by atoms with Crippen LogP contribution in [0.2, 0.25) is 0 Å². The predicted molar refractivity (Wildman–Crippen MR) is 43.7 cm³/mol. The van der Waals surface area contributed by atoms with E-state index in [1.807, 2.05) is 0 Å². The number of hydrogen-bond acceptors (Lipinski definition) is 5. The summed E-state index contributed by atoms with van der Waals surface area (Å²) in [5.74, 6) is 1.04. The number of rotatable bonds is 2. The van der Waals surface area contributed by atoms with Crippen molar-refractivity contribution in [3.05, 3.63) is 5.82 Å². The number of hydrogen-bond donors (Lipinski definition) is 1. The average molecular weight is 181 g/mol. The molecule has 0 bridgehead atoms. The second kappa shape index (κ2) is 3.61. The van der Waals surface area contributed by atoms with E-state index >= 15 is 0 Å². The highest BCUT2D eigenvalue weighted by Gasteiger charge is 2.17. The number of likely N-dealkylation sites (tertiary alicyclic amines) is 1. The van der Waals surface area contributed by atoms with Crippen molar-refractivity contribution >= 4 is 5.78 Å². The molecule has 0 amide bonds. The van der Waals surface area contributed by atoms with Gasteiger partial charge in [0.2, 0.25) is 0 Å². The Bertz CT molecular complexity index is 273. The third kappa shape index (κ3) is 2.09. The lowest BCUT2D eigenvalue weighted by Gasteiger charge is -2.23. The van der Waals surface area contributed by atoms with Crippen LogP contribution in [-0.2, 0) is 11.3 Å². The van der Waals surface area contributed by atoms with Crippen molar-refractivity contribution in [2.24, 2.45) is 0 Å². The molecule has 0 radical (unpaired) electrons. The quantitative estimate of drug-likeness (QED) is 0.657. The molecule has 6 nitrogen and oxygen atoms in total. The molecular weight excluding hydrogens is 170 g/mol. The number of Topliss-reactive ketones (excluding diaryl/α,β-unsaturated/α-hetero) is 1. The minimum absolute atomic E-state index is 0.351. The van der Waals surface area contributed by atoms with Gasteiger partial charge in [-0.25, -0.2) is 0 Å². The fourth-order valence-corrected chi connectivity index (χ4v) is 1.41. The smallest absolute Gasteiger partial charge is 0.188 e. The van der Waals surface area contributed by atoms with Gasteiger partial charge in [-0.2, -0.15) is 5.21 Å². The molecule has 1 aliphatic rings. The lowest BCUT2D eigenvalue weighted by molar-refractivity contribution is -0.121. The average Bonchev–Trinajstić information content (AvgIpc) is 2.62. The zero-order valence-corrected chi connectivity index (χ0v) is 7.23. The first-order valence-corrected chi connectivity index (χ1v) is 4.31. The molecule has 13 heavy (non-hydrogen) atoms. The number of tetrazole rings is 1. The molecule has 0 spiro atoms. The topological polar surface area (TPSA) is 74.8 Å². The SMILES string of the molecule is O=C1CCN(Cc2nn[nH]n2)CC1. The largest absolute Gasteiger partial charge is 0.300 e. The molecule has 6 heteroatoms. The Morgan fingerprint density at radius 2 is 2.15 bits per heavy atom. The van der Waals surface area contributed by atoms with E-state index in [-0.39, 0.29) is 0 Å². The highest BCUT2D eigenvalue weighted by Crippen LogP contribution is 2.07. The van der Waals surface area contributed by atoms with Gasteiger partial charge in [-0.05, 0) is 0 Å². The van der Waals surface area contributed by atoms with Crippen LogP contribution in [0.1, 0.15) is 18.7 Å². The molecule has 1 aromatic heterocycles. The molecule has 0 atom stereocenters. The first kappa shape index (κ1) is 8.31. The van der Waals surface area contributed by atoms with Crippen LogP contribution in [0, 0.1) is 0 Å². The van der Waals surface area contributed by atoms with Gasteiger partial charge in [0, 0.05) is 25.9 Å². The Morgan fingerprint density at radius 3 is 2.77 bits per heavy atom. The summed E-state index contributed by atoms with van der Waals surface area (Å²) in [6.45, 7) is 2.31. The van der Waals surface area contributed by atoms with Crippen molar-refractivity contribution in [3.63, 3.8) is 0 Å². The first-order valence-electron chi connectivity index (χ1n) is 4.31. The summed E-state index contributed by atoms with van der Waals surface area (Å²) in [5.41, 5.74) is 0. The molecule has 0 unspecified atom stereocenters. The molecule has 1 fully saturated rings. The highest BCUT2D eigenvalue weighted by atomic mass is 16.1. The highest BCUT2D eigenvalue weighted by molar-refractivity contribution is 5.79. The van der Waals surface area contributed by atoms with Crippen LogP contribution >= 0.6 is 0 Å². The van der Waals surface area contributed by atoms with Gasteiger partial charge >= 0.3 is 0 Å². The van der Waals surface area contributed by atoms with Crippen LogP contribution in [0.15, 0.2) is 0 Å². The first-order chi connectivity index (χ1) is 6.34. The summed E-state index contributed by atoms with van der Waals surface area (Å²) in [4.78, 5) is 13.1. The van der Waals surface area contributed by atoms with Crippen molar-refractivity contribution in [1.82, 2.24) is 25.5 Å². The van der Waals surface area contributed by atoms with E-state index in [0.29, 0.717) is 31.0 Å². The molecule has 0 saturated carbocycles. The molecule has 1 aliphatic heterocycles. The Balaban J connectivity index is 1.86. The predicted octanol–water partition coefficient (Wildman–Crippen LogP) is -0.635. The minimum atomic E-state index is 0.351. The third-order valence-electron chi connectivity index (χ3n) is 2.17. The zero-order chi connectivity index (χ0) is 9.10. The van der Waals surface area contributed by atoms with E-state index in [4.69, 9.17) is 0 Å². The van der Waals surface area contributed by atoms with E-state index in [2.05, 4.69) is 25.5 Å². The molecule has 70 valence electrons. The maximum Gasteiger partial charge on any atom is 0.188 e.